The lowest BCUT2D eigenvalue weighted by Gasteiger charge is -2.43. The third kappa shape index (κ3) is 5.60. The first-order valence-electron chi connectivity index (χ1n) is 11.6. The van der Waals surface area contributed by atoms with Gasteiger partial charge in [0.25, 0.3) is 5.91 Å². The first-order chi connectivity index (χ1) is 19.9. The molecular formula is C22H15F19N2O2. The number of fused-ring (bicyclic) bond motifs is 1. The van der Waals surface area contributed by atoms with E-state index in [2.05, 4.69) is 0 Å². The van der Waals surface area contributed by atoms with Crippen molar-refractivity contribution in [1.82, 2.24) is 10.2 Å². The van der Waals surface area contributed by atoms with Crippen LogP contribution in [0.25, 0.3) is 0 Å². The monoisotopic (exact) mass is 700 g/mol. The molecular weight excluding hydrogens is 685 g/mol. The molecule has 0 saturated heterocycles. The number of amides is 2. The Morgan fingerprint density at radius 1 is 0.600 bits per heavy atom. The summed E-state index contributed by atoms with van der Waals surface area (Å²) in [7, 11) is 0. The Morgan fingerprint density at radius 2 is 1.00 bits per heavy atom. The lowest BCUT2D eigenvalue weighted by Crippen LogP contribution is -2.76. The van der Waals surface area contributed by atoms with E-state index in [4.69, 9.17) is 0 Å². The lowest BCUT2D eigenvalue weighted by molar-refractivity contribution is -0.467. The van der Waals surface area contributed by atoms with Gasteiger partial charge in [0.1, 0.15) is 0 Å². The van der Waals surface area contributed by atoms with Crippen molar-refractivity contribution >= 4 is 11.8 Å². The van der Waals surface area contributed by atoms with Crippen LogP contribution in [0.3, 0.4) is 0 Å². The van der Waals surface area contributed by atoms with E-state index >= 15 is 0 Å². The first-order valence-corrected chi connectivity index (χ1v) is 11.6. The van der Waals surface area contributed by atoms with Crippen LogP contribution in [-0.4, -0.2) is 83.4 Å². The minimum atomic E-state index is -9.07. The first kappa shape index (κ1) is 38.0. The van der Waals surface area contributed by atoms with Crippen LogP contribution in [0.4, 0.5) is 83.4 Å². The number of nitrogens with zero attached hydrogens (tertiary/aromatic N) is 1. The topological polar surface area (TPSA) is 49.4 Å². The van der Waals surface area contributed by atoms with Crippen LogP contribution >= 0.6 is 0 Å². The number of rotatable bonds is 11. The van der Waals surface area contributed by atoms with Crippen molar-refractivity contribution in [2.75, 3.05) is 13.1 Å². The Hall–Kier alpha value is -3.17. The molecule has 1 aliphatic rings. The molecule has 1 aliphatic heterocycles. The Kier molecular flexibility index (Phi) is 9.52. The minimum absolute atomic E-state index is 0.00781. The molecule has 23 heteroatoms. The molecule has 2 amide bonds. The predicted octanol–water partition coefficient (Wildman–Crippen LogP) is 6.72. The molecule has 0 fully saturated rings. The molecule has 0 bridgehead atoms. The van der Waals surface area contributed by atoms with Gasteiger partial charge in [-0.1, -0.05) is 24.3 Å². The SMILES string of the molecule is O=C(CCNC(=O)C(F)(F)C(F)(F)C(F)(F)C(F)(F)C(F)(F)C(F)(F)C(F)(F)C(F)(F)C(F)(F)F)N1CCc2ccccc2C1. The van der Waals surface area contributed by atoms with Gasteiger partial charge in [-0.05, 0) is 17.5 Å². The van der Waals surface area contributed by atoms with E-state index in [0.29, 0.717) is 10.9 Å². The summed E-state index contributed by atoms with van der Waals surface area (Å²) >= 11 is 0. The summed E-state index contributed by atoms with van der Waals surface area (Å²) in [6.45, 7) is -1.55. The van der Waals surface area contributed by atoms with Gasteiger partial charge in [0, 0.05) is 26.1 Å². The summed E-state index contributed by atoms with van der Waals surface area (Å²) in [6.07, 6.45) is -8.77. The number of alkyl halides is 19. The second-order valence-electron chi connectivity index (χ2n) is 9.43. The molecule has 45 heavy (non-hydrogen) atoms. The molecule has 1 N–H and O–H groups in total. The van der Waals surface area contributed by atoms with Crippen LogP contribution in [0.1, 0.15) is 17.5 Å². The van der Waals surface area contributed by atoms with E-state index in [0.717, 1.165) is 10.5 Å². The molecule has 0 atom stereocenters. The van der Waals surface area contributed by atoms with Crippen LogP contribution in [0, 0.1) is 0 Å². The highest BCUT2D eigenvalue weighted by atomic mass is 19.4. The molecule has 0 spiro atoms. The molecule has 258 valence electrons. The number of hydrogen-bond acceptors (Lipinski definition) is 2. The molecule has 0 aliphatic carbocycles. The van der Waals surface area contributed by atoms with E-state index in [-0.39, 0.29) is 19.5 Å². The van der Waals surface area contributed by atoms with Crippen molar-refractivity contribution in [3.05, 3.63) is 35.4 Å². The molecule has 0 radical (unpaired) electrons. The van der Waals surface area contributed by atoms with Crippen molar-refractivity contribution in [3.63, 3.8) is 0 Å². The normalized spacial score (nSPS) is 16.4. The summed E-state index contributed by atoms with van der Waals surface area (Å²) in [5, 5.41) is 0.697. The molecule has 1 aromatic carbocycles. The number of nitrogens with one attached hydrogen (secondary N) is 1. The van der Waals surface area contributed by atoms with Crippen LogP contribution in [-0.2, 0) is 22.6 Å². The maximum Gasteiger partial charge on any atom is 0.460 e. The highest BCUT2D eigenvalue weighted by Crippen LogP contribution is 2.65. The van der Waals surface area contributed by atoms with Crippen molar-refractivity contribution in [2.45, 2.75) is 72.9 Å². The Balaban J connectivity index is 2.29. The third-order valence-corrected chi connectivity index (χ3v) is 6.51. The second kappa shape index (κ2) is 11.3. The highest BCUT2D eigenvalue weighted by Gasteiger charge is 2.97. The number of halogens is 19. The van der Waals surface area contributed by atoms with Gasteiger partial charge in [-0.25, -0.2) is 0 Å². The third-order valence-electron chi connectivity index (χ3n) is 6.51. The van der Waals surface area contributed by atoms with Crippen LogP contribution in [0.15, 0.2) is 24.3 Å². The fraction of sp³-hybridized carbons (Fsp3) is 0.636. The summed E-state index contributed by atoms with van der Waals surface area (Å²) in [6, 6.07) is 6.46. The van der Waals surface area contributed by atoms with Gasteiger partial charge >= 0.3 is 53.6 Å². The molecule has 1 heterocycles. The van der Waals surface area contributed by atoms with E-state index in [1.165, 1.54) is 0 Å². The zero-order valence-corrected chi connectivity index (χ0v) is 21.3. The largest absolute Gasteiger partial charge is 0.460 e. The van der Waals surface area contributed by atoms with Gasteiger partial charge in [-0.2, -0.15) is 83.4 Å². The van der Waals surface area contributed by atoms with E-state index in [1.807, 2.05) is 0 Å². The summed E-state index contributed by atoms with van der Waals surface area (Å²) in [5.41, 5.74) is 1.38. The van der Waals surface area contributed by atoms with Crippen molar-refractivity contribution < 1.29 is 93.0 Å². The molecule has 0 saturated carbocycles. The Morgan fingerprint density at radius 3 is 1.44 bits per heavy atom. The van der Waals surface area contributed by atoms with E-state index < -0.39 is 78.3 Å². The Labute approximate surface area is 237 Å². The number of carbonyl (C=O) groups excluding carboxylic acids is 2. The van der Waals surface area contributed by atoms with Gasteiger partial charge in [0.15, 0.2) is 0 Å². The van der Waals surface area contributed by atoms with Gasteiger partial charge in [0.2, 0.25) is 5.91 Å². The molecule has 1 aromatic rings. The van der Waals surface area contributed by atoms with Crippen molar-refractivity contribution in [2.24, 2.45) is 0 Å². The molecule has 2 rings (SSSR count). The summed E-state index contributed by atoms with van der Waals surface area (Å²) in [4.78, 5) is 24.8. The number of carbonyl (C=O) groups is 2. The van der Waals surface area contributed by atoms with Gasteiger partial charge in [-0.3, -0.25) is 9.59 Å². The zero-order chi connectivity index (χ0) is 35.5. The zero-order valence-electron chi connectivity index (χ0n) is 21.3. The fourth-order valence-electron chi connectivity index (χ4n) is 3.76. The van der Waals surface area contributed by atoms with Crippen LogP contribution < -0.4 is 5.32 Å². The van der Waals surface area contributed by atoms with Gasteiger partial charge in [-0.15, -0.1) is 0 Å². The van der Waals surface area contributed by atoms with E-state index in [1.54, 1.807) is 24.3 Å². The van der Waals surface area contributed by atoms with Crippen LogP contribution in [0.5, 0.6) is 0 Å². The second-order valence-corrected chi connectivity index (χ2v) is 9.43. The smallest absolute Gasteiger partial charge is 0.350 e. The number of hydrogen-bond donors (Lipinski definition) is 1. The maximum atomic E-state index is 14.0. The van der Waals surface area contributed by atoms with Gasteiger partial charge < -0.3 is 10.2 Å². The standard InChI is InChI=1S/C22H15F19N2O2/c23-14(24,13(45)42-7-5-12(44)43-8-6-10-3-1-2-4-11(10)9-43)15(25,26)16(27,28)17(29,30)18(31,32)19(33,34)20(35,36)21(37,38)22(39,40)41/h1-4H,5-9H2,(H,42,45). The minimum Gasteiger partial charge on any atom is -0.350 e. The molecule has 4 nitrogen and oxygen atoms in total. The van der Waals surface area contributed by atoms with E-state index in [9.17, 15) is 93.0 Å². The van der Waals surface area contributed by atoms with Crippen LogP contribution in [0.2, 0.25) is 0 Å². The predicted molar refractivity (Wildman–Crippen MR) is 109 cm³/mol. The average Bonchev–Trinajstić information content (AvgIpc) is 2.91. The van der Waals surface area contributed by atoms with Gasteiger partial charge in [0.05, 0.1) is 0 Å². The molecule has 0 unspecified atom stereocenters. The highest BCUT2D eigenvalue weighted by molar-refractivity contribution is 5.85. The average molecular weight is 700 g/mol. The van der Waals surface area contributed by atoms with Crippen molar-refractivity contribution in [3.8, 4) is 0 Å². The number of benzene rings is 1. The Bertz CT molecular complexity index is 1280. The fourth-order valence-corrected chi connectivity index (χ4v) is 3.76. The molecule has 0 aromatic heterocycles. The van der Waals surface area contributed by atoms with Crippen molar-refractivity contribution in [1.29, 1.82) is 0 Å². The summed E-state index contributed by atoms with van der Waals surface area (Å²) < 4.78 is 254. The maximum absolute atomic E-state index is 14.0. The lowest BCUT2D eigenvalue weighted by atomic mass is 9.87. The quantitative estimate of drug-likeness (QED) is 0.261. The summed E-state index contributed by atoms with van der Waals surface area (Å²) in [5.74, 6) is -73.4.